The van der Waals surface area contributed by atoms with Gasteiger partial charge in [-0.15, -0.1) is 0 Å². The molecule has 3 heteroatoms. The second-order valence-electron chi connectivity index (χ2n) is 11.7. The third kappa shape index (κ3) is 7.41. The van der Waals surface area contributed by atoms with Crippen molar-refractivity contribution in [2.24, 2.45) is 0 Å². The van der Waals surface area contributed by atoms with Crippen molar-refractivity contribution in [1.82, 2.24) is 0 Å². The summed E-state index contributed by atoms with van der Waals surface area (Å²) in [5.74, 6) is 2.41. The molecule has 0 spiro atoms. The minimum absolute atomic E-state index is 0.173. The fraction of sp³-hybridized carbons (Fsp3) is 0.0909. The van der Waals surface area contributed by atoms with Gasteiger partial charge in [0.2, 0.25) is 0 Å². The Balaban J connectivity index is 1.16. The Bertz CT molecular complexity index is 1970. The van der Waals surface area contributed by atoms with Crippen LogP contribution in [0.4, 0.5) is 0 Å². The lowest BCUT2D eigenvalue weighted by Crippen LogP contribution is -2.06. The Morgan fingerprint density at radius 2 is 1.21 bits per heavy atom. The third-order valence-corrected chi connectivity index (χ3v) is 8.94. The van der Waals surface area contributed by atoms with Gasteiger partial charge in [-0.25, -0.2) is 0 Å². The number of benzene rings is 4. The molecule has 4 aromatic carbocycles. The fourth-order valence-corrected chi connectivity index (χ4v) is 6.32. The van der Waals surface area contributed by atoms with Crippen LogP contribution in [-0.4, -0.2) is 0 Å². The van der Waals surface area contributed by atoms with Crippen LogP contribution in [0, 0.1) is 0 Å². The molecule has 0 radical (unpaired) electrons. The first-order chi connectivity index (χ1) is 23.2. The maximum Gasteiger partial charge on any atom is 0.143 e. The van der Waals surface area contributed by atoms with Crippen molar-refractivity contribution in [3.8, 4) is 0 Å². The first-order valence-corrected chi connectivity index (χ1v) is 16.5. The van der Waals surface area contributed by atoms with Gasteiger partial charge in [0.05, 0.1) is 0 Å². The lowest BCUT2D eigenvalue weighted by atomic mass is 9.93. The minimum Gasteiger partial charge on any atom is -0.482 e. The van der Waals surface area contributed by atoms with Crippen molar-refractivity contribution >= 4 is 28.5 Å². The molecule has 0 aromatic heterocycles. The summed E-state index contributed by atoms with van der Waals surface area (Å²) < 4.78 is 12.9. The Morgan fingerprint density at radius 3 is 1.89 bits per heavy atom. The van der Waals surface area contributed by atoms with Crippen molar-refractivity contribution in [3.05, 3.63) is 220 Å². The van der Waals surface area contributed by atoms with E-state index >= 15 is 0 Å². The highest BCUT2D eigenvalue weighted by Crippen LogP contribution is 2.37. The molecule has 2 heterocycles. The molecule has 1 atom stereocenters. The van der Waals surface area contributed by atoms with E-state index in [-0.39, 0.29) is 6.10 Å². The molecule has 1 aliphatic carbocycles. The van der Waals surface area contributed by atoms with E-state index in [1.54, 1.807) is 0 Å². The number of rotatable bonds is 7. The zero-order chi connectivity index (χ0) is 31.8. The van der Waals surface area contributed by atoms with Crippen LogP contribution in [0.3, 0.4) is 0 Å². The van der Waals surface area contributed by atoms with E-state index in [1.165, 1.54) is 0 Å². The van der Waals surface area contributed by atoms with Crippen molar-refractivity contribution < 1.29 is 9.47 Å². The maximum atomic E-state index is 7.07. The van der Waals surface area contributed by atoms with Gasteiger partial charge in [0.1, 0.15) is 23.4 Å². The van der Waals surface area contributed by atoms with E-state index in [0.29, 0.717) is 0 Å². The van der Waals surface area contributed by atoms with Crippen LogP contribution in [0.1, 0.15) is 47.6 Å². The zero-order valence-corrected chi connectivity index (χ0v) is 26.8. The van der Waals surface area contributed by atoms with Crippen LogP contribution in [0.15, 0.2) is 198 Å². The average molecular weight is 631 g/mol. The molecular formula is C44H35ClO2. The molecule has 47 heavy (non-hydrogen) atoms. The Morgan fingerprint density at radius 1 is 0.596 bits per heavy atom. The van der Waals surface area contributed by atoms with E-state index < -0.39 is 0 Å². The zero-order valence-electron chi connectivity index (χ0n) is 26.1. The highest BCUT2D eigenvalue weighted by molar-refractivity contribution is 6.32. The molecule has 1 unspecified atom stereocenters. The van der Waals surface area contributed by atoms with Gasteiger partial charge in [0, 0.05) is 10.6 Å². The molecule has 0 saturated heterocycles. The van der Waals surface area contributed by atoms with E-state index in [9.17, 15) is 0 Å². The van der Waals surface area contributed by atoms with Gasteiger partial charge in [-0.05, 0) is 94.7 Å². The van der Waals surface area contributed by atoms with Crippen LogP contribution in [-0.2, 0) is 9.47 Å². The lowest BCUT2D eigenvalue weighted by molar-refractivity contribution is 0.164. The maximum absolute atomic E-state index is 7.07. The van der Waals surface area contributed by atoms with E-state index in [2.05, 4.69) is 115 Å². The van der Waals surface area contributed by atoms with Gasteiger partial charge in [0.25, 0.3) is 0 Å². The van der Waals surface area contributed by atoms with Gasteiger partial charge in [-0.1, -0.05) is 145 Å². The molecule has 2 nitrogen and oxygen atoms in total. The van der Waals surface area contributed by atoms with Gasteiger partial charge in [-0.3, -0.25) is 0 Å². The number of halogens is 1. The quantitative estimate of drug-likeness (QED) is 0.202. The molecule has 230 valence electrons. The van der Waals surface area contributed by atoms with Crippen LogP contribution in [0.25, 0.3) is 16.9 Å². The summed E-state index contributed by atoms with van der Waals surface area (Å²) in [6.45, 7) is 0. The third-order valence-electron chi connectivity index (χ3n) is 8.46. The summed E-state index contributed by atoms with van der Waals surface area (Å²) >= 11 is 7.07. The molecular weight excluding hydrogens is 596 g/mol. The second kappa shape index (κ2) is 14.4. The monoisotopic (exact) mass is 630 g/mol. The van der Waals surface area contributed by atoms with Crippen LogP contribution < -0.4 is 0 Å². The average Bonchev–Trinajstić information content (AvgIpc) is 3.15. The summed E-state index contributed by atoms with van der Waals surface area (Å²) in [7, 11) is 0. The normalized spacial score (nSPS) is 19.9. The Hall–Kier alpha value is -5.31. The summed E-state index contributed by atoms with van der Waals surface area (Å²) in [4.78, 5) is 0. The molecule has 0 N–H and O–H groups in total. The van der Waals surface area contributed by atoms with Gasteiger partial charge < -0.3 is 9.47 Å². The predicted molar refractivity (Wildman–Crippen MR) is 195 cm³/mol. The molecule has 0 fully saturated rings. The smallest absolute Gasteiger partial charge is 0.143 e. The summed E-state index contributed by atoms with van der Waals surface area (Å²) in [5.41, 5.74) is 8.91. The summed E-state index contributed by atoms with van der Waals surface area (Å²) in [6.07, 6.45) is 19.5. The van der Waals surface area contributed by atoms with Crippen molar-refractivity contribution in [2.45, 2.75) is 25.4 Å². The Labute approximate surface area is 282 Å². The largest absolute Gasteiger partial charge is 0.482 e. The fourth-order valence-electron chi connectivity index (χ4n) is 6.00. The first kappa shape index (κ1) is 30.3. The highest BCUT2D eigenvalue weighted by Gasteiger charge is 2.19. The molecule has 7 rings (SSSR count). The summed E-state index contributed by atoms with van der Waals surface area (Å²) in [6, 6.07) is 41.4. The van der Waals surface area contributed by atoms with Gasteiger partial charge in [-0.2, -0.15) is 0 Å². The topological polar surface area (TPSA) is 18.5 Å². The SMILES string of the molecule is ClC1=C(C=CC2=CC(c3ccccc3)=CC(c3ccccc3)O2)CCCC1=CC=C1C=C(c2ccccc2)C=C(c2ccccc2)O1. The number of ether oxygens (including phenoxy) is 2. The van der Waals surface area contributed by atoms with E-state index in [0.717, 1.165) is 86.1 Å². The molecule has 0 saturated carbocycles. The minimum atomic E-state index is -0.173. The number of hydrogen-bond donors (Lipinski definition) is 0. The van der Waals surface area contributed by atoms with Gasteiger partial charge in [0.15, 0.2) is 0 Å². The number of allylic oxidation sites excluding steroid dienone is 12. The predicted octanol–water partition coefficient (Wildman–Crippen LogP) is 11.9. The second-order valence-corrected chi connectivity index (χ2v) is 12.1. The summed E-state index contributed by atoms with van der Waals surface area (Å²) in [5, 5.41) is 0.793. The van der Waals surface area contributed by atoms with Crippen molar-refractivity contribution in [3.63, 3.8) is 0 Å². The van der Waals surface area contributed by atoms with E-state index in [4.69, 9.17) is 21.1 Å². The van der Waals surface area contributed by atoms with Gasteiger partial charge >= 0.3 is 0 Å². The van der Waals surface area contributed by atoms with E-state index in [1.807, 2.05) is 54.6 Å². The molecule has 2 aliphatic heterocycles. The Kier molecular flexibility index (Phi) is 9.31. The van der Waals surface area contributed by atoms with Crippen LogP contribution in [0.2, 0.25) is 0 Å². The number of hydrogen-bond acceptors (Lipinski definition) is 2. The van der Waals surface area contributed by atoms with Crippen molar-refractivity contribution in [2.75, 3.05) is 0 Å². The molecule has 0 amide bonds. The van der Waals surface area contributed by atoms with Crippen molar-refractivity contribution in [1.29, 1.82) is 0 Å². The van der Waals surface area contributed by atoms with Crippen LogP contribution >= 0.6 is 11.6 Å². The lowest BCUT2D eigenvalue weighted by Gasteiger charge is -2.23. The first-order valence-electron chi connectivity index (χ1n) is 16.1. The molecule has 3 aliphatic rings. The highest BCUT2D eigenvalue weighted by atomic mass is 35.5. The standard InChI is InChI=1S/C44H35ClO2/c45-44-36(24-26-40-28-38(32-14-5-1-6-15-32)30-42(46-40)34-18-9-3-10-19-34)22-13-23-37(44)25-27-41-29-39(33-16-7-2-8-17-33)31-43(47-41)35-20-11-4-12-21-35/h1-12,14-21,24-31,42H,13,22-23H2. The molecule has 4 aromatic rings. The van der Waals surface area contributed by atoms with Crippen LogP contribution in [0.5, 0.6) is 0 Å². The molecule has 0 bridgehead atoms.